The van der Waals surface area contributed by atoms with Crippen LogP contribution in [0.3, 0.4) is 0 Å². The van der Waals surface area contributed by atoms with E-state index >= 15 is 0 Å². The average molecular weight is 278 g/mol. The number of amides is 1. The van der Waals surface area contributed by atoms with E-state index in [0.717, 1.165) is 26.1 Å². The molecule has 0 aromatic carbocycles. The molecule has 0 saturated carbocycles. The number of carbonyl (C=O) groups is 1. The molecular formula is C15H26N4O. The number of aromatic nitrogens is 2. The van der Waals surface area contributed by atoms with E-state index in [1.54, 1.807) is 6.20 Å². The van der Waals surface area contributed by atoms with E-state index in [2.05, 4.69) is 29.5 Å². The van der Waals surface area contributed by atoms with Crippen LogP contribution in [0.4, 0.5) is 5.95 Å². The number of carbonyl (C=O) groups excluding carboxylic acids is 1. The van der Waals surface area contributed by atoms with Gasteiger partial charge >= 0.3 is 0 Å². The molecule has 0 aliphatic carbocycles. The molecule has 5 heteroatoms. The Morgan fingerprint density at radius 3 is 2.95 bits per heavy atom. The van der Waals surface area contributed by atoms with Crippen molar-refractivity contribution in [2.24, 2.45) is 11.8 Å². The number of anilines is 1. The van der Waals surface area contributed by atoms with Crippen molar-refractivity contribution in [3.05, 3.63) is 12.4 Å². The SMILES string of the molecule is CC(C)Cn1ccnc1NC(=O)CCC1CCNCC1. The van der Waals surface area contributed by atoms with E-state index in [4.69, 9.17) is 0 Å². The van der Waals surface area contributed by atoms with E-state index < -0.39 is 0 Å². The number of nitrogens with one attached hydrogen (secondary N) is 2. The number of nitrogens with zero attached hydrogens (tertiary/aromatic N) is 2. The van der Waals surface area contributed by atoms with Crippen LogP contribution in [0.25, 0.3) is 0 Å². The van der Waals surface area contributed by atoms with Crippen molar-refractivity contribution in [3.63, 3.8) is 0 Å². The molecule has 112 valence electrons. The Kier molecular flexibility index (Phi) is 5.59. The van der Waals surface area contributed by atoms with Gasteiger partial charge in [0, 0.05) is 25.4 Å². The van der Waals surface area contributed by atoms with Crippen molar-refractivity contribution < 1.29 is 4.79 Å². The van der Waals surface area contributed by atoms with Crippen LogP contribution < -0.4 is 10.6 Å². The van der Waals surface area contributed by atoms with Crippen LogP contribution in [0.5, 0.6) is 0 Å². The number of hydrogen-bond donors (Lipinski definition) is 2. The quantitative estimate of drug-likeness (QED) is 0.839. The second-order valence-electron chi connectivity index (χ2n) is 6.08. The summed E-state index contributed by atoms with van der Waals surface area (Å²) in [6.45, 7) is 7.37. The molecule has 1 aromatic heterocycles. The molecule has 0 unspecified atom stereocenters. The summed E-state index contributed by atoms with van der Waals surface area (Å²) in [7, 11) is 0. The van der Waals surface area contributed by atoms with Gasteiger partial charge < -0.3 is 9.88 Å². The summed E-state index contributed by atoms with van der Waals surface area (Å²) in [6, 6.07) is 0. The summed E-state index contributed by atoms with van der Waals surface area (Å²) in [4.78, 5) is 16.2. The molecule has 5 nitrogen and oxygen atoms in total. The summed E-state index contributed by atoms with van der Waals surface area (Å²) in [5.74, 6) is 1.99. The molecule has 20 heavy (non-hydrogen) atoms. The van der Waals surface area contributed by atoms with E-state index in [1.165, 1.54) is 12.8 Å². The molecule has 1 aliphatic heterocycles. The van der Waals surface area contributed by atoms with Gasteiger partial charge in [0.05, 0.1) is 0 Å². The highest BCUT2D eigenvalue weighted by Gasteiger charge is 2.15. The highest BCUT2D eigenvalue weighted by atomic mass is 16.1. The molecule has 2 heterocycles. The largest absolute Gasteiger partial charge is 0.317 e. The maximum atomic E-state index is 12.0. The first-order chi connectivity index (χ1) is 9.65. The highest BCUT2D eigenvalue weighted by Crippen LogP contribution is 2.18. The maximum Gasteiger partial charge on any atom is 0.226 e. The fourth-order valence-corrected chi connectivity index (χ4v) is 2.67. The van der Waals surface area contributed by atoms with Crippen LogP contribution in [0.2, 0.25) is 0 Å². The number of imidazole rings is 1. The predicted molar refractivity (Wildman–Crippen MR) is 80.5 cm³/mol. The summed E-state index contributed by atoms with van der Waals surface area (Å²) in [5.41, 5.74) is 0. The molecule has 1 fully saturated rings. The lowest BCUT2D eigenvalue weighted by atomic mass is 9.93. The monoisotopic (exact) mass is 278 g/mol. The van der Waals surface area contributed by atoms with Crippen LogP contribution in [0, 0.1) is 11.8 Å². The lowest BCUT2D eigenvalue weighted by Gasteiger charge is -2.22. The fraction of sp³-hybridized carbons (Fsp3) is 0.733. The average Bonchev–Trinajstić information content (AvgIpc) is 2.84. The molecule has 0 atom stereocenters. The van der Waals surface area contributed by atoms with Gasteiger partial charge in [-0.05, 0) is 44.2 Å². The van der Waals surface area contributed by atoms with Crippen LogP contribution in [0.1, 0.15) is 39.5 Å². The Bertz CT molecular complexity index is 421. The van der Waals surface area contributed by atoms with Gasteiger partial charge in [-0.15, -0.1) is 0 Å². The van der Waals surface area contributed by atoms with E-state index in [0.29, 0.717) is 24.2 Å². The lowest BCUT2D eigenvalue weighted by Crippen LogP contribution is -2.28. The Labute approximate surface area is 121 Å². The summed E-state index contributed by atoms with van der Waals surface area (Å²) >= 11 is 0. The van der Waals surface area contributed by atoms with E-state index in [1.807, 2.05) is 10.8 Å². The van der Waals surface area contributed by atoms with Gasteiger partial charge in [0.2, 0.25) is 11.9 Å². The van der Waals surface area contributed by atoms with Gasteiger partial charge in [0.1, 0.15) is 0 Å². The third-order valence-electron chi connectivity index (χ3n) is 3.77. The van der Waals surface area contributed by atoms with Gasteiger partial charge in [0.25, 0.3) is 0 Å². The molecule has 1 aliphatic rings. The molecule has 2 N–H and O–H groups in total. The fourth-order valence-electron chi connectivity index (χ4n) is 2.67. The summed E-state index contributed by atoms with van der Waals surface area (Å²) in [6.07, 6.45) is 7.62. The van der Waals surface area contributed by atoms with Crippen molar-refractivity contribution in [1.29, 1.82) is 0 Å². The van der Waals surface area contributed by atoms with Gasteiger partial charge in [-0.25, -0.2) is 4.98 Å². The Morgan fingerprint density at radius 2 is 2.25 bits per heavy atom. The molecular weight excluding hydrogens is 252 g/mol. The van der Waals surface area contributed by atoms with Crippen molar-refractivity contribution in [2.75, 3.05) is 18.4 Å². The first-order valence-electron chi connectivity index (χ1n) is 7.67. The van der Waals surface area contributed by atoms with Gasteiger partial charge in [-0.3, -0.25) is 10.1 Å². The molecule has 1 saturated heterocycles. The normalized spacial score (nSPS) is 16.6. The molecule has 1 amide bonds. The zero-order valence-electron chi connectivity index (χ0n) is 12.6. The topological polar surface area (TPSA) is 59.0 Å². The van der Waals surface area contributed by atoms with Crippen LogP contribution in [-0.2, 0) is 11.3 Å². The zero-order chi connectivity index (χ0) is 14.4. The van der Waals surface area contributed by atoms with Crippen molar-refractivity contribution in [2.45, 2.75) is 46.1 Å². The Balaban J connectivity index is 1.77. The van der Waals surface area contributed by atoms with Crippen LogP contribution in [0.15, 0.2) is 12.4 Å². The zero-order valence-corrected chi connectivity index (χ0v) is 12.6. The van der Waals surface area contributed by atoms with E-state index in [9.17, 15) is 4.79 Å². The predicted octanol–water partition coefficient (Wildman–Crippen LogP) is 2.26. The van der Waals surface area contributed by atoms with E-state index in [-0.39, 0.29) is 5.91 Å². The smallest absolute Gasteiger partial charge is 0.226 e. The van der Waals surface area contributed by atoms with Crippen LogP contribution >= 0.6 is 0 Å². The van der Waals surface area contributed by atoms with Gasteiger partial charge in [-0.2, -0.15) is 0 Å². The third kappa shape index (κ3) is 4.63. The molecule has 1 aromatic rings. The summed E-state index contributed by atoms with van der Waals surface area (Å²) < 4.78 is 2.01. The van der Waals surface area contributed by atoms with Crippen LogP contribution in [-0.4, -0.2) is 28.5 Å². The van der Waals surface area contributed by atoms with Crippen molar-refractivity contribution >= 4 is 11.9 Å². The second kappa shape index (κ2) is 7.43. The first-order valence-corrected chi connectivity index (χ1v) is 7.67. The Morgan fingerprint density at radius 1 is 1.50 bits per heavy atom. The molecule has 0 spiro atoms. The summed E-state index contributed by atoms with van der Waals surface area (Å²) in [5, 5.41) is 6.28. The minimum absolute atomic E-state index is 0.0831. The first kappa shape index (κ1) is 15.0. The second-order valence-corrected chi connectivity index (χ2v) is 6.08. The maximum absolute atomic E-state index is 12.0. The standard InChI is InChI=1S/C15H26N4O/c1-12(2)11-19-10-9-17-15(19)18-14(20)4-3-13-5-7-16-8-6-13/h9-10,12-13,16H,3-8,11H2,1-2H3,(H,17,18,20). The third-order valence-corrected chi connectivity index (χ3v) is 3.77. The molecule has 0 bridgehead atoms. The van der Waals surface area contributed by atoms with Gasteiger partial charge in [0.15, 0.2) is 0 Å². The van der Waals surface area contributed by atoms with Crippen molar-refractivity contribution in [1.82, 2.24) is 14.9 Å². The molecule has 2 rings (SSSR count). The highest BCUT2D eigenvalue weighted by molar-refractivity contribution is 5.89. The number of piperidine rings is 1. The minimum Gasteiger partial charge on any atom is -0.317 e. The number of rotatable bonds is 6. The molecule has 0 radical (unpaired) electrons. The number of hydrogen-bond acceptors (Lipinski definition) is 3. The minimum atomic E-state index is 0.0831. The van der Waals surface area contributed by atoms with Crippen molar-refractivity contribution in [3.8, 4) is 0 Å². The van der Waals surface area contributed by atoms with Gasteiger partial charge in [-0.1, -0.05) is 13.8 Å². The lowest BCUT2D eigenvalue weighted by molar-refractivity contribution is -0.116. The Hall–Kier alpha value is -1.36.